The van der Waals surface area contributed by atoms with Gasteiger partial charge in [-0.25, -0.2) is 4.79 Å². The summed E-state index contributed by atoms with van der Waals surface area (Å²) in [5.41, 5.74) is 7.37. The van der Waals surface area contributed by atoms with Gasteiger partial charge in [0.15, 0.2) is 0 Å². The van der Waals surface area contributed by atoms with Crippen LogP contribution in [0.25, 0.3) is 10.9 Å². The number of rotatable bonds is 12. The molecule has 0 aliphatic rings. The van der Waals surface area contributed by atoms with Crippen LogP contribution in [0.4, 0.5) is 0 Å². The van der Waals surface area contributed by atoms with Crippen LogP contribution in [-0.2, 0) is 25.6 Å². The summed E-state index contributed by atoms with van der Waals surface area (Å²) in [7, 11) is 0. The Kier molecular flexibility index (Phi) is 10.1. The number of aromatic nitrogens is 1. The van der Waals surface area contributed by atoms with Gasteiger partial charge >= 0.3 is 5.97 Å². The van der Waals surface area contributed by atoms with Crippen molar-refractivity contribution in [1.82, 2.24) is 20.9 Å². The number of nitrogens with two attached hydrogens (primary N) is 1. The number of nitrogens with one attached hydrogen (secondary N) is 4. The minimum atomic E-state index is -1.17. The Labute approximate surface area is 210 Å². The van der Waals surface area contributed by atoms with E-state index in [1.807, 2.05) is 24.3 Å². The standard InChI is InChI=1S/C24H35N5O5S/c1-12(2)19(28-21(30)16(25)11-35)23(32)27-18(22(31)29-20(13(3)4)24(33)34)9-14-10-26-17-8-6-5-7-15(14)17/h5-8,10,12-13,16,18-20,26,35H,9,11,25H2,1-4H3,(H,27,32)(H,28,30)(H,29,31)(H,33,34). The third-order valence-electron chi connectivity index (χ3n) is 5.74. The van der Waals surface area contributed by atoms with Crippen LogP contribution in [0.1, 0.15) is 33.3 Å². The molecule has 0 aliphatic heterocycles. The van der Waals surface area contributed by atoms with Crippen molar-refractivity contribution in [3.8, 4) is 0 Å². The van der Waals surface area contributed by atoms with E-state index < -0.39 is 47.9 Å². The number of amides is 3. The van der Waals surface area contributed by atoms with Crippen molar-refractivity contribution in [2.75, 3.05) is 5.75 Å². The third-order valence-corrected chi connectivity index (χ3v) is 6.14. The van der Waals surface area contributed by atoms with E-state index in [4.69, 9.17) is 5.73 Å². The molecule has 1 heterocycles. The molecular weight excluding hydrogens is 470 g/mol. The number of thiol groups is 1. The number of fused-ring (bicyclic) bond motifs is 1. The fraction of sp³-hybridized carbons (Fsp3) is 0.500. The van der Waals surface area contributed by atoms with Crippen LogP contribution >= 0.6 is 12.6 Å². The van der Waals surface area contributed by atoms with E-state index in [1.165, 1.54) is 0 Å². The van der Waals surface area contributed by atoms with Crippen LogP contribution in [0.15, 0.2) is 30.5 Å². The van der Waals surface area contributed by atoms with E-state index >= 15 is 0 Å². The van der Waals surface area contributed by atoms with E-state index in [0.29, 0.717) is 0 Å². The zero-order chi connectivity index (χ0) is 26.3. The van der Waals surface area contributed by atoms with Crippen molar-refractivity contribution in [3.05, 3.63) is 36.0 Å². The number of benzene rings is 1. The van der Waals surface area contributed by atoms with Gasteiger partial charge in [0, 0.05) is 29.3 Å². The Morgan fingerprint density at radius 1 is 0.943 bits per heavy atom. The number of aliphatic carboxylic acids is 1. The molecule has 1 aromatic heterocycles. The van der Waals surface area contributed by atoms with Gasteiger partial charge in [0.25, 0.3) is 0 Å². The fourth-order valence-corrected chi connectivity index (χ4v) is 3.80. The largest absolute Gasteiger partial charge is 0.480 e. The molecule has 0 radical (unpaired) electrons. The normalized spacial score (nSPS) is 14.9. The third kappa shape index (κ3) is 7.46. The molecule has 11 heteroatoms. The number of hydrogen-bond donors (Lipinski definition) is 7. The average molecular weight is 506 g/mol. The first kappa shape index (κ1) is 28.2. The van der Waals surface area contributed by atoms with Crippen LogP contribution in [0.2, 0.25) is 0 Å². The van der Waals surface area contributed by atoms with Gasteiger partial charge in [0.1, 0.15) is 18.1 Å². The second-order valence-electron chi connectivity index (χ2n) is 9.21. The van der Waals surface area contributed by atoms with Gasteiger partial charge in [0.05, 0.1) is 6.04 Å². The van der Waals surface area contributed by atoms with E-state index in [2.05, 4.69) is 33.6 Å². The summed E-state index contributed by atoms with van der Waals surface area (Å²) in [5, 5.41) is 18.3. The Balaban J connectivity index is 2.32. The summed E-state index contributed by atoms with van der Waals surface area (Å²) in [6.45, 7) is 6.87. The van der Waals surface area contributed by atoms with Crippen molar-refractivity contribution in [2.24, 2.45) is 17.6 Å². The highest BCUT2D eigenvalue weighted by molar-refractivity contribution is 7.80. The maximum atomic E-state index is 13.2. The minimum absolute atomic E-state index is 0.107. The van der Waals surface area contributed by atoms with Crippen molar-refractivity contribution in [1.29, 1.82) is 0 Å². The van der Waals surface area contributed by atoms with E-state index in [0.717, 1.165) is 16.5 Å². The van der Waals surface area contributed by atoms with Gasteiger partial charge in [-0.1, -0.05) is 45.9 Å². The van der Waals surface area contributed by atoms with E-state index in [-0.39, 0.29) is 24.0 Å². The van der Waals surface area contributed by atoms with Gasteiger partial charge < -0.3 is 31.8 Å². The van der Waals surface area contributed by atoms with Crippen molar-refractivity contribution in [2.45, 2.75) is 58.3 Å². The number of carbonyl (C=O) groups is 4. The highest BCUT2D eigenvalue weighted by Crippen LogP contribution is 2.19. The predicted molar refractivity (Wildman–Crippen MR) is 137 cm³/mol. The molecule has 0 saturated heterocycles. The molecule has 4 unspecified atom stereocenters. The molecule has 0 saturated carbocycles. The molecule has 192 valence electrons. The molecule has 2 rings (SSSR count). The molecule has 3 amide bonds. The Bertz CT molecular complexity index is 1050. The smallest absolute Gasteiger partial charge is 0.326 e. The van der Waals surface area contributed by atoms with E-state index in [9.17, 15) is 24.3 Å². The predicted octanol–water partition coefficient (Wildman–Crippen LogP) is 0.819. The molecule has 2 aromatic rings. The van der Waals surface area contributed by atoms with Crippen LogP contribution in [0.3, 0.4) is 0 Å². The number of aromatic amines is 1. The second kappa shape index (κ2) is 12.6. The van der Waals surface area contributed by atoms with Crippen LogP contribution in [0.5, 0.6) is 0 Å². The van der Waals surface area contributed by atoms with Gasteiger partial charge in [-0.05, 0) is 23.5 Å². The Hall–Kier alpha value is -3.05. The maximum absolute atomic E-state index is 13.2. The lowest BCUT2D eigenvalue weighted by atomic mass is 9.99. The fourth-order valence-electron chi connectivity index (χ4n) is 3.64. The highest BCUT2D eigenvalue weighted by Gasteiger charge is 2.32. The summed E-state index contributed by atoms with van der Waals surface area (Å²) in [6.07, 6.45) is 1.86. The molecular formula is C24H35N5O5S. The van der Waals surface area contributed by atoms with Crippen LogP contribution in [0, 0.1) is 11.8 Å². The second-order valence-corrected chi connectivity index (χ2v) is 9.58. The maximum Gasteiger partial charge on any atom is 0.326 e. The lowest BCUT2D eigenvalue weighted by molar-refractivity contribution is -0.143. The molecule has 0 bridgehead atoms. The van der Waals surface area contributed by atoms with Crippen LogP contribution < -0.4 is 21.7 Å². The highest BCUT2D eigenvalue weighted by atomic mass is 32.1. The first-order valence-corrected chi connectivity index (χ1v) is 12.1. The SMILES string of the molecule is CC(C)C(NC(=O)C(Cc1c[nH]c2ccccc12)NC(=O)C(NC(=O)C(N)CS)C(C)C)C(=O)O. The monoisotopic (exact) mass is 505 g/mol. The summed E-state index contributed by atoms with van der Waals surface area (Å²) in [5.74, 6) is -3.47. The lowest BCUT2D eigenvalue weighted by Crippen LogP contribution is -2.59. The zero-order valence-electron chi connectivity index (χ0n) is 20.4. The van der Waals surface area contributed by atoms with Gasteiger partial charge in [-0.2, -0.15) is 12.6 Å². The Morgan fingerprint density at radius 3 is 2.11 bits per heavy atom. The molecule has 7 N–H and O–H groups in total. The Morgan fingerprint density at radius 2 is 1.54 bits per heavy atom. The molecule has 4 atom stereocenters. The molecule has 10 nitrogen and oxygen atoms in total. The van der Waals surface area contributed by atoms with Gasteiger partial charge in [0.2, 0.25) is 17.7 Å². The number of carbonyl (C=O) groups excluding carboxylic acids is 3. The zero-order valence-corrected chi connectivity index (χ0v) is 21.3. The summed E-state index contributed by atoms with van der Waals surface area (Å²) in [4.78, 5) is 53.5. The van der Waals surface area contributed by atoms with Crippen molar-refractivity contribution >= 4 is 47.2 Å². The van der Waals surface area contributed by atoms with Gasteiger partial charge in [-0.3, -0.25) is 14.4 Å². The molecule has 0 aliphatic carbocycles. The number of H-pyrrole nitrogens is 1. The summed E-state index contributed by atoms with van der Waals surface area (Å²) >= 11 is 4.02. The molecule has 35 heavy (non-hydrogen) atoms. The molecule has 0 spiro atoms. The van der Waals surface area contributed by atoms with Crippen molar-refractivity contribution in [3.63, 3.8) is 0 Å². The minimum Gasteiger partial charge on any atom is -0.480 e. The van der Waals surface area contributed by atoms with E-state index in [1.54, 1.807) is 33.9 Å². The first-order chi connectivity index (χ1) is 16.5. The molecule has 0 fully saturated rings. The summed E-state index contributed by atoms with van der Waals surface area (Å²) in [6, 6.07) is 3.47. The number of carboxylic acid groups (broad SMARTS) is 1. The van der Waals surface area contributed by atoms with Crippen molar-refractivity contribution < 1.29 is 24.3 Å². The number of carboxylic acids is 1. The quantitative estimate of drug-likeness (QED) is 0.211. The molecule has 1 aromatic carbocycles. The lowest BCUT2D eigenvalue weighted by Gasteiger charge is -2.27. The number of para-hydroxylation sites is 1. The van der Waals surface area contributed by atoms with Crippen LogP contribution in [-0.4, -0.2) is 63.7 Å². The first-order valence-electron chi connectivity index (χ1n) is 11.5. The van der Waals surface area contributed by atoms with Gasteiger partial charge in [-0.15, -0.1) is 0 Å². The summed E-state index contributed by atoms with van der Waals surface area (Å²) < 4.78 is 0. The average Bonchev–Trinajstić information content (AvgIpc) is 3.21. The number of hydrogen-bond acceptors (Lipinski definition) is 6. The topological polar surface area (TPSA) is 166 Å².